The molecule has 0 rings (SSSR count). The minimum Gasteiger partial charge on any atom is -0.477 e. The maximum Gasteiger partial charge on any atom is 0.352 e. The molecule has 7 heteroatoms. The van der Waals surface area contributed by atoms with Crippen LogP contribution in [0.4, 0.5) is 0 Å². The quantitative estimate of drug-likeness (QED) is 0.250. The van der Waals surface area contributed by atoms with Crippen LogP contribution < -0.4 is 16.4 Å². The Kier molecular flexibility index (Phi) is 14.1. The van der Waals surface area contributed by atoms with E-state index in [-0.39, 0.29) is 36.0 Å². The highest BCUT2D eigenvalue weighted by Gasteiger charge is 2.24. The van der Waals surface area contributed by atoms with E-state index in [1.165, 1.54) is 6.08 Å². The van der Waals surface area contributed by atoms with Gasteiger partial charge in [0.15, 0.2) is 0 Å². The third-order valence-electron chi connectivity index (χ3n) is 4.92. The van der Waals surface area contributed by atoms with E-state index >= 15 is 0 Å². The van der Waals surface area contributed by atoms with Crippen LogP contribution >= 0.6 is 0 Å². The average molecular weight is 398 g/mol. The number of rotatable bonds is 15. The fourth-order valence-corrected chi connectivity index (χ4v) is 2.95. The molecule has 162 valence electrons. The fraction of sp³-hybridized carbons (Fsp3) is 0.762. The number of carbonyl (C=O) groups excluding carboxylic acids is 2. The van der Waals surface area contributed by atoms with Gasteiger partial charge in [-0.1, -0.05) is 65.4 Å². The maximum absolute atomic E-state index is 12.6. The van der Waals surface area contributed by atoms with Crippen LogP contribution in [0.15, 0.2) is 11.8 Å². The number of unbranched alkanes of at least 4 members (excludes halogenated alkanes) is 4. The molecule has 0 unspecified atom stereocenters. The second kappa shape index (κ2) is 15.1. The largest absolute Gasteiger partial charge is 0.477 e. The summed E-state index contributed by atoms with van der Waals surface area (Å²) in [5, 5.41) is 14.4. The third kappa shape index (κ3) is 11.1. The molecule has 0 aliphatic carbocycles. The van der Waals surface area contributed by atoms with Crippen LogP contribution in [-0.4, -0.2) is 35.0 Å². The Morgan fingerprint density at radius 3 is 2.11 bits per heavy atom. The fourth-order valence-electron chi connectivity index (χ4n) is 2.95. The zero-order valence-electron chi connectivity index (χ0n) is 17.9. The molecule has 28 heavy (non-hydrogen) atoms. The van der Waals surface area contributed by atoms with Crippen LogP contribution in [0.2, 0.25) is 0 Å². The average Bonchev–Trinajstić information content (AvgIpc) is 2.65. The first-order valence-corrected chi connectivity index (χ1v) is 10.5. The van der Waals surface area contributed by atoms with Crippen LogP contribution in [0.1, 0.15) is 85.5 Å². The monoisotopic (exact) mass is 397 g/mol. The van der Waals surface area contributed by atoms with Crippen LogP contribution in [0, 0.1) is 5.92 Å². The minimum absolute atomic E-state index is 0.0396. The Morgan fingerprint density at radius 2 is 1.61 bits per heavy atom. The lowest BCUT2D eigenvalue weighted by atomic mass is 9.95. The van der Waals surface area contributed by atoms with E-state index in [2.05, 4.69) is 24.5 Å². The molecule has 0 aromatic carbocycles. The van der Waals surface area contributed by atoms with Crippen molar-refractivity contribution in [1.82, 2.24) is 10.6 Å². The lowest BCUT2D eigenvalue weighted by Gasteiger charge is -2.24. The van der Waals surface area contributed by atoms with Crippen molar-refractivity contribution >= 4 is 17.8 Å². The van der Waals surface area contributed by atoms with Gasteiger partial charge in [0, 0.05) is 18.5 Å². The van der Waals surface area contributed by atoms with Gasteiger partial charge in [-0.2, -0.15) is 0 Å². The topological polar surface area (TPSA) is 122 Å². The number of hydrogen-bond donors (Lipinski definition) is 4. The molecular formula is C21H39N3O4. The molecule has 0 aromatic heterocycles. The predicted octanol–water partition coefficient (Wildman–Crippen LogP) is 3.09. The SMILES string of the molecule is C/C=C(/NC(=O)C[C@H](CCCCC)NC(=O)[C@H](C)[C@@H](N)CCCCC)C(=O)O. The summed E-state index contributed by atoms with van der Waals surface area (Å²) in [6.07, 6.45) is 8.98. The number of aliphatic carboxylic acids is 1. The van der Waals surface area contributed by atoms with Crippen LogP contribution in [0.3, 0.4) is 0 Å². The number of nitrogens with one attached hydrogen (secondary N) is 2. The lowest BCUT2D eigenvalue weighted by Crippen LogP contribution is -2.46. The van der Waals surface area contributed by atoms with E-state index in [4.69, 9.17) is 10.8 Å². The molecule has 0 aliphatic rings. The van der Waals surface area contributed by atoms with Gasteiger partial charge < -0.3 is 21.5 Å². The molecule has 3 atom stereocenters. The predicted molar refractivity (Wildman–Crippen MR) is 112 cm³/mol. The maximum atomic E-state index is 12.6. The highest BCUT2D eigenvalue weighted by molar-refractivity contribution is 5.92. The molecule has 0 saturated heterocycles. The van der Waals surface area contributed by atoms with E-state index in [0.29, 0.717) is 6.42 Å². The van der Waals surface area contributed by atoms with Gasteiger partial charge in [-0.15, -0.1) is 0 Å². The number of allylic oxidation sites excluding steroid dienone is 1. The summed E-state index contributed by atoms with van der Waals surface area (Å²) in [7, 11) is 0. The molecule has 0 heterocycles. The minimum atomic E-state index is -1.19. The molecule has 0 spiro atoms. The van der Waals surface area contributed by atoms with Crippen molar-refractivity contribution < 1.29 is 19.5 Å². The summed E-state index contributed by atoms with van der Waals surface area (Å²) in [6.45, 7) is 7.57. The first-order valence-electron chi connectivity index (χ1n) is 10.5. The van der Waals surface area contributed by atoms with Gasteiger partial charge >= 0.3 is 5.97 Å². The molecule has 5 N–H and O–H groups in total. The van der Waals surface area contributed by atoms with Gasteiger partial charge in [-0.3, -0.25) is 9.59 Å². The standard InChI is InChI=1S/C21H39N3O4/c1-5-8-10-12-16(14-19(25)24-18(7-3)21(27)28)23-20(26)15(4)17(22)13-11-9-6-2/h7,15-17H,5-6,8-14,22H2,1-4H3,(H,23,26)(H,24,25)(H,27,28)/b18-7+/t15-,16+,17+/m1/s1. The van der Waals surface area contributed by atoms with Crippen molar-refractivity contribution in [3.05, 3.63) is 11.8 Å². The zero-order chi connectivity index (χ0) is 21.5. The second-order valence-corrected chi connectivity index (χ2v) is 7.41. The summed E-state index contributed by atoms with van der Waals surface area (Å²) in [5.41, 5.74) is 6.00. The van der Waals surface area contributed by atoms with Crippen LogP contribution in [-0.2, 0) is 14.4 Å². The lowest BCUT2D eigenvalue weighted by molar-refractivity contribution is -0.135. The Labute approximate surface area is 169 Å². The molecule has 0 radical (unpaired) electrons. The van der Waals surface area contributed by atoms with E-state index < -0.39 is 11.9 Å². The molecule has 0 saturated carbocycles. The smallest absolute Gasteiger partial charge is 0.352 e. The Balaban J connectivity index is 4.83. The Bertz CT molecular complexity index is 520. The van der Waals surface area contributed by atoms with Crippen molar-refractivity contribution in [2.24, 2.45) is 11.7 Å². The number of carbonyl (C=O) groups is 3. The van der Waals surface area contributed by atoms with Gasteiger partial charge in [0.2, 0.25) is 11.8 Å². The van der Waals surface area contributed by atoms with Gasteiger partial charge in [-0.25, -0.2) is 4.79 Å². The van der Waals surface area contributed by atoms with Crippen molar-refractivity contribution in [2.75, 3.05) is 0 Å². The number of carboxylic acid groups (broad SMARTS) is 1. The number of hydrogen-bond acceptors (Lipinski definition) is 4. The molecule has 7 nitrogen and oxygen atoms in total. The molecule has 0 bridgehead atoms. The number of amides is 2. The molecule has 0 aliphatic heterocycles. The van der Waals surface area contributed by atoms with Crippen molar-refractivity contribution in [2.45, 2.75) is 97.6 Å². The normalized spacial score (nSPS) is 14.8. The number of nitrogens with two attached hydrogens (primary N) is 1. The van der Waals surface area contributed by atoms with Crippen LogP contribution in [0.5, 0.6) is 0 Å². The van der Waals surface area contributed by atoms with Crippen LogP contribution in [0.25, 0.3) is 0 Å². The van der Waals surface area contributed by atoms with Gasteiger partial charge in [-0.05, 0) is 19.8 Å². The molecule has 2 amide bonds. The summed E-state index contributed by atoms with van der Waals surface area (Å²) in [5.74, 6) is -2.09. The van der Waals surface area contributed by atoms with E-state index in [1.54, 1.807) is 6.92 Å². The van der Waals surface area contributed by atoms with Crippen molar-refractivity contribution in [3.8, 4) is 0 Å². The molecule has 0 fully saturated rings. The van der Waals surface area contributed by atoms with Gasteiger partial charge in [0.25, 0.3) is 0 Å². The van der Waals surface area contributed by atoms with Gasteiger partial charge in [0.1, 0.15) is 5.70 Å². The first kappa shape index (κ1) is 26.1. The summed E-state index contributed by atoms with van der Waals surface area (Å²) in [6, 6.07) is -0.547. The molecular weight excluding hydrogens is 358 g/mol. The highest BCUT2D eigenvalue weighted by atomic mass is 16.4. The van der Waals surface area contributed by atoms with E-state index in [0.717, 1.165) is 44.9 Å². The van der Waals surface area contributed by atoms with Crippen molar-refractivity contribution in [1.29, 1.82) is 0 Å². The van der Waals surface area contributed by atoms with E-state index in [9.17, 15) is 14.4 Å². The highest BCUT2D eigenvalue weighted by Crippen LogP contribution is 2.13. The Morgan fingerprint density at radius 1 is 1.04 bits per heavy atom. The number of carboxylic acids is 1. The zero-order valence-corrected chi connectivity index (χ0v) is 17.9. The summed E-state index contributed by atoms with van der Waals surface area (Å²) in [4.78, 5) is 35.9. The Hall–Kier alpha value is -1.89. The van der Waals surface area contributed by atoms with E-state index in [1.807, 2.05) is 6.92 Å². The third-order valence-corrected chi connectivity index (χ3v) is 4.92. The second-order valence-electron chi connectivity index (χ2n) is 7.41. The van der Waals surface area contributed by atoms with Gasteiger partial charge in [0.05, 0.1) is 5.92 Å². The molecule has 0 aromatic rings. The summed E-state index contributed by atoms with van der Waals surface area (Å²) >= 11 is 0. The van der Waals surface area contributed by atoms with Crippen molar-refractivity contribution in [3.63, 3.8) is 0 Å². The first-order chi connectivity index (χ1) is 13.3. The summed E-state index contributed by atoms with van der Waals surface area (Å²) < 4.78 is 0.